The summed E-state index contributed by atoms with van der Waals surface area (Å²) in [7, 11) is 1.40. The summed E-state index contributed by atoms with van der Waals surface area (Å²) in [4.78, 5) is 14.4. The van der Waals surface area contributed by atoms with E-state index in [2.05, 4.69) is 0 Å². The average molecular weight is 328 g/mol. The number of rotatable bonds is 3. The summed E-state index contributed by atoms with van der Waals surface area (Å²) in [5.41, 5.74) is 8.21. The smallest absolute Gasteiger partial charge is 0.333 e. The number of benzene rings is 2. The summed E-state index contributed by atoms with van der Waals surface area (Å²) in [5.74, 6) is 0.423. The van der Waals surface area contributed by atoms with Gasteiger partial charge in [0.15, 0.2) is 6.04 Å². The number of nitrogens with zero attached hydrogens (tertiary/aromatic N) is 1. The van der Waals surface area contributed by atoms with Crippen molar-refractivity contribution in [2.45, 2.75) is 19.9 Å². The second-order valence-corrected chi connectivity index (χ2v) is 5.11. The molecule has 2 N–H and O–H groups in total. The van der Waals surface area contributed by atoms with Crippen LogP contribution in [0.3, 0.4) is 0 Å². The van der Waals surface area contributed by atoms with Gasteiger partial charge in [0.2, 0.25) is 0 Å². The molecule has 1 atom stereocenters. The fraction of sp³-hybridized carbons (Fsp3) is 0.316. The molecule has 2 aromatic rings. The Morgan fingerprint density at radius 3 is 2.58 bits per heavy atom. The van der Waals surface area contributed by atoms with E-state index in [9.17, 15) is 4.79 Å². The summed E-state index contributed by atoms with van der Waals surface area (Å²) >= 11 is 0. The third kappa shape index (κ3) is 3.62. The molecule has 0 aliphatic carbocycles. The predicted molar refractivity (Wildman–Crippen MR) is 96.2 cm³/mol. The number of ether oxygens (including phenoxy) is 2. The van der Waals surface area contributed by atoms with Crippen LogP contribution in [0.4, 0.5) is 11.4 Å². The van der Waals surface area contributed by atoms with Crippen LogP contribution in [0, 0.1) is 0 Å². The normalized spacial score (nSPS) is 13.7. The second-order valence-electron chi connectivity index (χ2n) is 5.11. The molecule has 1 heterocycles. The van der Waals surface area contributed by atoms with E-state index in [0.717, 1.165) is 17.0 Å². The second kappa shape index (κ2) is 8.24. The number of nitrogens with two attached hydrogens (primary N) is 1. The van der Waals surface area contributed by atoms with Crippen molar-refractivity contribution in [1.29, 1.82) is 0 Å². The van der Waals surface area contributed by atoms with Crippen LogP contribution in [-0.2, 0) is 9.53 Å². The number of anilines is 2. The first-order valence-corrected chi connectivity index (χ1v) is 8.12. The van der Waals surface area contributed by atoms with Gasteiger partial charge in [0.25, 0.3) is 0 Å². The Morgan fingerprint density at radius 2 is 1.92 bits per heavy atom. The lowest BCUT2D eigenvalue weighted by Gasteiger charge is -2.36. The Morgan fingerprint density at radius 1 is 1.21 bits per heavy atom. The van der Waals surface area contributed by atoms with Crippen LogP contribution >= 0.6 is 0 Å². The maximum atomic E-state index is 12.4. The molecule has 0 fully saturated rings. The Bertz CT molecular complexity index is 674. The summed E-state index contributed by atoms with van der Waals surface area (Å²) in [5, 5.41) is 0. The number of hydrogen-bond donors (Lipinski definition) is 1. The number of carbonyl (C=O) groups is 1. The molecule has 1 aliphatic rings. The Labute approximate surface area is 143 Å². The maximum absolute atomic E-state index is 12.4. The number of hydrogen-bond acceptors (Lipinski definition) is 5. The molecule has 5 nitrogen and oxygen atoms in total. The van der Waals surface area contributed by atoms with Gasteiger partial charge in [-0.3, -0.25) is 0 Å². The van der Waals surface area contributed by atoms with Gasteiger partial charge in [-0.25, -0.2) is 4.79 Å². The largest absolute Gasteiger partial charge is 0.490 e. The van der Waals surface area contributed by atoms with Crippen molar-refractivity contribution in [2.24, 2.45) is 0 Å². The van der Waals surface area contributed by atoms with E-state index >= 15 is 0 Å². The zero-order chi connectivity index (χ0) is 17.5. The molecule has 128 valence electrons. The number of methoxy groups -OCH3 is 1. The molecule has 0 aromatic heterocycles. The molecular weight excluding hydrogens is 304 g/mol. The van der Waals surface area contributed by atoms with E-state index in [0.29, 0.717) is 18.8 Å². The molecule has 0 saturated carbocycles. The monoisotopic (exact) mass is 328 g/mol. The lowest BCUT2D eigenvalue weighted by atomic mass is 10.0. The van der Waals surface area contributed by atoms with E-state index in [-0.39, 0.29) is 5.97 Å². The topological polar surface area (TPSA) is 64.8 Å². The molecule has 3 rings (SSSR count). The summed E-state index contributed by atoms with van der Waals surface area (Å²) < 4.78 is 10.7. The summed E-state index contributed by atoms with van der Waals surface area (Å²) in [6.45, 7) is 5.10. The fourth-order valence-corrected chi connectivity index (χ4v) is 2.71. The molecule has 24 heavy (non-hydrogen) atoms. The molecule has 2 aromatic carbocycles. The van der Waals surface area contributed by atoms with E-state index in [1.54, 1.807) is 6.07 Å². The van der Waals surface area contributed by atoms with Crippen LogP contribution in [0.25, 0.3) is 0 Å². The van der Waals surface area contributed by atoms with Gasteiger partial charge >= 0.3 is 5.97 Å². The first-order valence-electron chi connectivity index (χ1n) is 8.12. The highest BCUT2D eigenvalue weighted by atomic mass is 16.5. The van der Waals surface area contributed by atoms with E-state index < -0.39 is 6.04 Å². The van der Waals surface area contributed by atoms with Gasteiger partial charge in [-0.15, -0.1) is 0 Å². The SMILES string of the molecule is CC.COC(=O)C(c1ccccc1)N1CCOc2ccc(N)cc21. The molecule has 1 unspecified atom stereocenters. The average Bonchev–Trinajstić information content (AvgIpc) is 2.64. The standard InChI is InChI=1S/C17H18N2O3.C2H6/c1-21-17(20)16(12-5-3-2-4-6-12)19-9-10-22-15-8-7-13(18)11-14(15)19;1-2/h2-8,11,16H,9-10,18H2,1H3;1-2H3. The van der Waals surface area contributed by atoms with Gasteiger partial charge in [-0.1, -0.05) is 44.2 Å². The van der Waals surface area contributed by atoms with E-state index in [1.807, 2.05) is 61.2 Å². The highest BCUT2D eigenvalue weighted by molar-refractivity contribution is 5.83. The van der Waals surface area contributed by atoms with Crippen molar-refractivity contribution in [3.8, 4) is 5.75 Å². The third-order valence-electron chi connectivity index (χ3n) is 3.73. The molecule has 0 bridgehead atoms. The molecule has 0 amide bonds. The van der Waals surface area contributed by atoms with Crippen molar-refractivity contribution in [2.75, 3.05) is 30.9 Å². The van der Waals surface area contributed by atoms with Gasteiger partial charge in [0.05, 0.1) is 19.3 Å². The zero-order valence-electron chi connectivity index (χ0n) is 14.4. The summed E-state index contributed by atoms with van der Waals surface area (Å²) in [6.07, 6.45) is 0. The fourth-order valence-electron chi connectivity index (χ4n) is 2.71. The highest BCUT2D eigenvalue weighted by Gasteiger charge is 2.32. The molecule has 0 spiro atoms. The quantitative estimate of drug-likeness (QED) is 0.691. The summed E-state index contributed by atoms with van der Waals surface area (Å²) in [6, 6.07) is 14.5. The zero-order valence-corrected chi connectivity index (χ0v) is 14.4. The van der Waals surface area contributed by atoms with Crippen LogP contribution in [0.1, 0.15) is 25.5 Å². The minimum atomic E-state index is -0.518. The first-order chi connectivity index (χ1) is 11.7. The number of fused-ring (bicyclic) bond motifs is 1. The van der Waals surface area contributed by atoms with E-state index in [1.165, 1.54) is 7.11 Å². The number of carbonyl (C=O) groups excluding carboxylic acids is 1. The van der Waals surface area contributed by atoms with Crippen LogP contribution in [0.15, 0.2) is 48.5 Å². The molecule has 1 aliphatic heterocycles. The Kier molecular flexibility index (Phi) is 6.07. The molecular formula is C19H24N2O3. The Hall–Kier alpha value is -2.69. The lowest BCUT2D eigenvalue weighted by Crippen LogP contribution is -2.40. The number of esters is 1. The van der Waals surface area contributed by atoms with Gasteiger partial charge in [0.1, 0.15) is 12.4 Å². The predicted octanol–water partition coefficient (Wildman–Crippen LogP) is 3.41. The lowest BCUT2D eigenvalue weighted by molar-refractivity contribution is -0.142. The van der Waals surface area contributed by atoms with Gasteiger partial charge < -0.3 is 20.1 Å². The van der Waals surface area contributed by atoms with Crippen LogP contribution in [-0.4, -0.2) is 26.2 Å². The van der Waals surface area contributed by atoms with Gasteiger partial charge in [-0.05, 0) is 23.8 Å². The molecule has 0 saturated heterocycles. The van der Waals surface area contributed by atoms with Crippen molar-refractivity contribution < 1.29 is 14.3 Å². The minimum Gasteiger partial charge on any atom is -0.490 e. The number of nitrogen functional groups attached to an aromatic ring is 1. The van der Waals surface area contributed by atoms with Gasteiger partial charge in [0, 0.05) is 5.69 Å². The first kappa shape index (κ1) is 17.7. The van der Waals surface area contributed by atoms with E-state index in [4.69, 9.17) is 15.2 Å². The van der Waals surface area contributed by atoms with Crippen molar-refractivity contribution in [3.63, 3.8) is 0 Å². The highest BCUT2D eigenvalue weighted by Crippen LogP contribution is 2.38. The minimum absolute atomic E-state index is 0.304. The maximum Gasteiger partial charge on any atom is 0.333 e. The van der Waals surface area contributed by atoms with Crippen LogP contribution in [0.2, 0.25) is 0 Å². The van der Waals surface area contributed by atoms with Crippen LogP contribution < -0.4 is 15.4 Å². The van der Waals surface area contributed by atoms with Gasteiger partial charge in [-0.2, -0.15) is 0 Å². The molecule has 0 radical (unpaired) electrons. The van der Waals surface area contributed by atoms with Crippen molar-refractivity contribution in [3.05, 3.63) is 54.1 Å². The third-order valence-corrected chi connectivity index (χ3v) is 3.73. The van der Waals surface area contributed by atoms with Crippen LogP contribution in [0.5, 0.6) is 5.75 Å². The van der Waals surface area contributed by atoms with Crippen molar-refractivity contribution in [1.82, 2.24) is 0 Å². The van der Waals surface area contributed by atoms with Crippen molar-refractivity contribution >= 4 is 17.3 Å². The Balaban J connectivity index is 0.00000100. The molecule has 5 heteroatoms.